The lowest BCUT2D eigenvalue weighted by atomic mass is 9.89. The minimum atomic E-state index is -0.406. The number of thioether (sulfide) groups is 1. The van der Waals surface area contributed by atoms with Gasteiger partial charge in [-0.1, -0.05) is 44.8 Å². The molecule has 1 atom stereocenters. The quantitative estimate of drug-likeness (QED) is 0.748. The molecule has 1 aromatic rings. The second-order valence-electron chi connectivity index (χ2n) is 5.78. The van der Waals surface area contributed by atoms with Crippen LogP contribution in [0.4, 0.5) is 0 Å². The minimum absolute atomic E-state index is 0.178. The van der Waals surface area contributed by atoms with Gasteiger partial charge in [0, 0.05) is 18.5 Å². The van der Waals surface area contributed by atoms with Crippen molar-refractivity contribution in [2.24, 2.45) is 5.41 Å². The van der Waals surface area contributed by atoms with E-state index in [0.717, 1.165) is 17.4 Å². The topological polar surface area (TPSA) is 51.0 Å². The molecule has 0 aromatic carbocycles. The van der Waals surface area contributed by atoms with E-state index in [1.807, 2.05) is 20.8 Å². The van der Waals surface area contributed by atoms with E-state index < -0.39 is 5.41 Å². The number of carbonyl (C=O) groups is 1. The molecule has 0 radical (unpaired) electrons. The van der Waals surface area contributed by atoms with Crippen LogP contribution in [0.15, 0.2) is 12.7 Å². The summed E-state index contributed by atoms with van der Waals surface area (Å²) < 4.78 is 2.45. The fourth-order valence-electron chi connectivity index (χ4n) is 1.83. The van der Waals surface area contributed by atoms with Crippen molar-refractivity contribution in [1.82, 2.24) is 19.7 Å². The summed E-state index contributed by atoms with van der Waals surface area (Å²) in [7, 11) is 0. The summed E-state index contributed by atoms with van der Waals surface area (Å²) in [4.78, 5) is 18.7. The van der Waals surface area contributed by atoms with E-state index in [-0.39, 0.29) is 11.0 Å². The zero-order valence-electron chi connectivity index (χ0n) is 13.4. The monoisotopic (exact) mass is 328 g/mol. The highest BCUT2D eigenvalue weighted by molar-refractivity contribution is 8.23. The SMILES string of the molecule is CCN(CC)C(=S)SC(Cn1cncn1)C(=O)C(C)(C)C. The van der Waals surface area contributed by atoms with Gasteiger partial charge in [-0.15, -0.1) is 0 Å². The average Bonchev–Trinajstić information content (AvgIpc) is 2.90. The van der Waals surface area contributed by atoms with E-state index in [1.54, 1.807) is 11.0 Å². The molecule has 0 saturated carbocycles. The lowest BCUT2D eigenvalue weighted by Crippen LogP contribution is -2.37. The Hall–Kier alpha value is -0.950. The van der Waals surface area contributed by atoms with Gasteiger partial charge in [0.15, 0.2) is 5.78 Å². The van der Waals surface area contributed by atoms with Crippen LogP contribution in [0.3, 0.4) is 0 Å². The summed E-state index contributed by atoms with van der Waals surface area (Å²) in [6.07, 6.45) is 3.11. The van der Waals surface area contributed by atoms with Gasteiger partial charge in [0.05, 0.1) is 11.8 Å². The van der Waals surface area contributed by atoms with Crippen LogP contribution < -0.4 is 0 Å². The zero-order chi connectivity index (χ0) is 16.0. The van der Waals surface area contributed by atoms with E-state index in [1.165, 1.54) is 18.1 Å². The molecule has 5 nitrogen and oxygen atoms in total. The Morgan fingerprint density at radius 2 is 2.00 bits per heavy atom. The predicted octanol–water partition coefficient (Wildman–Crippen LogP) is 2.62. The lowest BCUT2D eigenvalue weighted by Gasteiger charge is -2.27. The first kappa shape index (κ1) is 18.1. The minimum Gasteiger partial charge on any atom is -0.358 e. The first-order valence-corrected chi connectivity index (χ1v) is 8.40. The Morgan fingerprint density at radius 3 is 2.43 bits per heavy atom. The largest absolute Gasteiger partial charge is 0.358 e. The van der Waals surface area contributed by atoms with Gasteiger partial charge < -0.3 is 4.90 Å². The Morgan fingerprint density at radius 1 is 1.38 bits per heavy atom. The summed E-state index contributed by atoms with van der Waals surface area (Å²) in [5, 5.41) is 3.85. The molecule has 1 unspecified atom stereocenters. The predicted molar refractivity (Wildman–Crippen MR) is 91.4 cm³/mol. The molecule has 0 aliphatic heterocycles. The van der Waals surface area contributed by atoms with Crippen LogP contribution in [-0.2, 0) is 11.3 Å². The van der Waals surface area contributed by atoms with Gasteiger partial charge >= 0.3 is 0 Å². The highest BCUT2D eigenvalue weighted by Crippen LogP contribution is 2.27. The van der Waals surface area contributed by atoms with Crippen LogP contribution in [0, 0.1) is 5.41 Å². The number of thiocarbonyl (C=S) groups is 1. The molecule has 7 heteroatoms. The van der Waals surface area contributed by atoms with E-state index in [0.29, 0.717) is 6.54 Å². The van der Waals surface area contributed by atoms with Crippen molar-refractivity contribution < 1.29 is 4.79 Å². The van der Waals surface area contributed by atoms with E-state index in [4.69, 9.17) is 12.2 Å². The van der Waals surface area contributed by atoms with Crippen molar-refractivity contribution in [2.45, 2.75) is 46.4 Å². The lowest BCUT2D eigenvalue weighted by molar-refractivity contribution is -0.126. The standard InChI is InChI=1S/C14H24N4OS2/c1-6-17(7-2)13(20)21-11(12(19)14(3,4)5)8-18-10-15-9-16-18/h9-11H,6-8H2,1-5H3. The molecule has 0 saturated heterocycles. The van der Waals surface area contributed by atoms with Crippen LogP contribution in [0.2, 0.25) is 0 Å². The first-order valence-electron chi connectivity index (χ1n) is 7.11. The van der Waals surface area contributed by atoms with Gasteiger partial charge in [0.2, 0.25) is 0 Å². The van der Waals surface area contributed by atoms with Crippen molar-refractivity contribution >= 4 is 34.1 Å². The van der Waals surface area contributed by atoms with Gasteiger partial charge in [-0.3, -0.25) is 9.48 Å². The molecular weight excluding hydrogens is 304 g/mol. The van der Waals surface area contributed by atoms with Crippen molar-refractivity contribution in [3.05, 3.63) is 12.7 Å². The number of nitrogens with zero attached hydrogens (tertiary/aromatic N) is 4. The number of hydrogen-bond donors (Lipinski definition) is 0. The molecular formula is C14H24N4OS2. The van der Waals surface area contributed by atoms with Crippen LogP contribution in [0.25, 0.3) is 0 Å². The van der Waals surface area contributed by atoms with Crippen molar-refractivity contribution in [2.75, 3.05) is 13.1 Å². The molecule has 1 rings (SSSR count). The summed E-state index contributed by atoms with van der Waals surface area (Å²) in [6, 6.07) is 0. The van der Waals surface area contributed by atoms with Gasteiger partial charge in [-0.25, -0.2) is 4.98 Å². The van der Waals surface area contributed by atoms with Crippen molar-refractivity contribution in [1.29, 1.82) is 0 Å². The van der Waals surface area contributed by atoms with E-state index >= 15 is 0 Å². The zero-order valence-corrected chi connectivity index (χ0v) is 15.0. The summed E-state index contributed by atoms with van der Waals surface area (Å²) >= 11 is 6.93. The number of ketones is 1. The molecule has 21 heavy (non-hydrogen) atoms. The Bertz CT molecular complexity index is 464. The number of Topliss-reactive ketones (excluding diaryl/α,β-unsaturated/α-hetero) is 1. The highest BCUT2D eigenvalue weighted by atomic mass is 32.2. The maximum Gasteiger partial charge on any atom is 0.153 e. The van der Waals surface area contributed by atoms with Crippen LogP contribution in [0.1, 0.15) is 34.6 Å². The fourth-order valence-corrected chi connectivity index (χ4v) is 3.78. The molecule has 0 aliphatic rings. The third-order valence-electron chi connectivity index (χ3n) is 3.12. The molecule has 0 amide bonds. The summed E-state index contributed by atoms with van der Waals surface area (Å²) in [6.45, 7) is 12.1. The first-order chi connectivity index (χ1) is 9.79. The van der Waals surface area contributed by atoms with Gasteiger partial charge in [0.1, 0.15) is 17.0 Å². The number of hydrogen-bond acceptors (Lipinski definition) is 5. The molecule has 118 valence electrons. The third-order valence-corrected chi connectivity index (χ3v) is 4.77. The van der Waals surface area contributed by atoms with Gasteiger partial charge in [-0.2, -0.15) is 5.10 Å². The van der Waals surface area contributed by atoms with Crippen molar-refractivity contribution in [3.63, 3.8) is 0 Å². The Labute approximate surface area is 136 Å². The van der Waals surface area contributed by atoms with Gasteiger partial charge in [0.25, 0.3) is 0 Å². The van der Waals surface area contributed by atoms with Crippen LogP contribution >= 0.6 is 24.0 Å². The fraction of sp³-hybridized carbons (Fsp3) is 0.714. The molecule has 0 N–H and O–H groups in total. The molecule has 0 fully saturated rings. The highest BCUT2D eigenvalue weighted by Gasteiger charge is 2.32. The molecule has 0 spiro atoms. The summed E-state index contributed by atoms with van der Waals surface area (Å²) in [5.74, 6) is 0.178. The van der Waals surface area contributed by atoms with Crippen molar-refractivity contribution in [3.8, 4) is 0 Å². The van der Waals surface area contributed by atoms with Crippen LogP contribution in [-0.4, -0.2) is 48.1 Å². The second kappa shape index (κ2) is 7.89. The molecule has 0 aliphatic carbocycles. The van der Waals surface area contributed by atoms with Crippen LogP contribution in [0.5, 0.6) is 0 Å². The maximum atomic E-state index is 12.7. The molecule has 1 aromatic heterocycles. The molecule has 0 bridgehead atoms. The van der Waals surface area contributed by atoms with Gasteiger partial charge in [-0.05, 0) is 13.8 Å². The second-order valence-corrected chi connectivity index (χ2v) is 7.61. The maximum absolute atomic E-state index is 12.7. The van der Waals surface area contributed by atoms with E-state index in [2.05, 4.69) is 28.8 Å². The number of aromatic nitrogens is 3. The van der Waals surface area contributed by atoms with E-state index in [9.17, 15) is 4.79 Å². The normalized spacial score (nSPS) is 13.0. The average molecular weight is 329 g/mol. The summed E-state index contributed by atoms with van der Waals surface area (Å²) in [5.41, 5.74) is -0.406. The molecule has 1 heterocycles. The number of rotatable bonds is 6. The third kappa shape index (κ3) is 5.39. The Balaban J connectivity index is 2.86. The number of carbonyl (C=O) groups excluding carboxylic acids is 1. The smallest absolute Gasteiger partial charge is 0.153 e. The Kier molecular flexibility index (Phi) is 6.80.